The Morgan fingerprint density at radius 2 is 2.39 bits per heavy atom. The van der Waals surface area contributed by atoms with Gasteiger partial charge in [-0.1, -0.05) is 19.8 Å². The van der Waals surface area contributed by atoms with Crippen molar-refractivity contribution in [1.82, 2.24) is 14.5 Å². The molecule has 4 heteroatoms. The van der Waals surface area contributed by atoms with Crippen LogP contribution in [0.4, 0.5) is 0 Å². The summed E-state index contributed by atoms with van der Waals surface area (Å²) < 4.78 is 2.27. The molecule has 2 N–H and O–H groups in total. The van der Waals surface area contributed by atoms with E-state index in [0.717, 1.165) is 32.1 Å². The lowest BCUT2D eigenvalue weighted by molar-refractivity contribution is 0.0170. The third-order valence-corrected chi connectivity index (χ3v) is 4.86. The maximum Gasteiger partial charge on any atom is 0.122 e. The molecule has 2 aliphatic rings. The van der Waals surface area contributed by atoms with Crippen LogP contribution in [-0.4, -0.2) is 33.1 Å². The molecule has 0 radical (unpaired) electrons. The number of hydrogen-bond acceptors (Lipinski definition) is 3. The monoisotopic (exact) mass is 248 g/mol. The van der Waals surface area contributed by atoms with Crippen molar-refractivity contribution < 1.29 is 0 Å². The predicted octanol–water partition coefficient (Wildman–Crippen LogP) is 1.61. The summed E-state index contributed by atoms with van der Waals surface area (Å²) in [5, 5.41) is 0. The van der Waals surface area contributed by atoms with Crippen LogP contribution in [0.25, 0.3) is 0 Å². The first-order valence-corrected chi connectivity index (χ1v) is 7.19. The van der Waals surface area contributed by atoms with Crippen LogP contribution in [0.15, 0.2) is 12.4 Å². The van der Waals surface area contributed by atoms with Crippen LogP contribution in [-0.2, 0) is 13.1 Å². The summed E-state index contributed by atoms with van der Waals surface area (Å²) in [5.41, 5.74) is 6.39. The molecule has 0 bridgehead atoms. The van der Waals surface area contributed by atoms with E-state index in [4.69, 9.17) is 5.73 Å². The Morgan fingerprint density at radius 1 is 1.50 bits per heavy atom. The van der Waals surface area contributed by atoms with Gasteiger partial charge in [0, 0.05) is 37.6 Å². The molecular formula is C14H24N4. The fourth-order valence-corrected chi connectivity index (χ4v) is 3.81. The van der Waals surface area contributed by atoms with E-state index in [0.29, 0.717) is 0 Å². The summed E-state index contributed by atoms with van der Waals surface area (Å²) in [6.45, 7) is 6.31. The van der Waals surface area contributed by atoms with Gasteiger partial charge >= 0.3 is 0 Å². The topological polar surface area (TPSA) is 47.1 Å². The van der Waals surface area contributed by atoms with Crippen molar-refractivity contribution in [2.45, 2.75) is 51.2 Å². The lowest BCUT2D eigenvalue weighted by Gasteiger charge is -2.49. The van der Waals surface area contributed by atoms with Gasteiger partial charge < -0.3 is 10.3 Å². The molecule has 0 amide bonds. The maximum atomic E-state index is 6.16. The van der Waals surface area contributed by atoms with Gasteiger partial charge in [-0.2, -0.15) is 0 Å². The normalized spacial score (nSPS) is 33.3. The number of nitrogens with zero attached hydrogens (tertiary/aromatic N) is 3. The van der Waals surface area contributed by atoms with Gasteiger partial charge in [0.15, 0.2) is 0 Å². The minimum absolute atomic E-state index is 0.231. The molecule has 0 spiro atoms. The van der Waals surface area contributed by atoms with Crippen LogP contribution in [0, 0.1) is 5.92 Å². The van der Waals surface area contributed by atoms with Crippen LogP contribution >= 0.6 is 0 Å². The molecule has 2 heterocycles. The van der Waals surface area contributed by atoms with E-state index in [1.54, 1.807) is 0 Å². The van der Waals surface area contributed by atoms with Crippen molar-refractivity contribution in [3.8, 4) is 0 Å². The lowest BCUT2D eigenvalue weighted by Crippen LogP contribution is -2.57. The third-order valence-electron chi connectivity index (χ3n) is 4.86. The van der Waals surface area contributed by atoms with Crippen LogP contribution in [0.1, 0.15) is 38.4 Å². The fraction of sp³-hybridized carbons (Fsp3) is 0.786. The van der Waals surface area contributed by atoms with Crippen LogP contribution in [0.5, 0.6) is 0 Å². The molecule has 3 rings (SSSR count). The average molecular weight is 248 g/mol. The highest BCUT2D eigenvalue weighted by Crippen LogP contribution is 2.37. The molecular weight excluding hydrogens is 224 g/mol. The van der Waals surface area contributed by atoms with Crippen molar-refractivity contribution in [2.75, 3.05) is 13.1 Å². The first kappa shape index (κ1) is 12.2. The Hall–Kier alpha value is -0.870. The summed E-state index contributed by atoms with van der Waals surface area (Å²) >= 11 is 0. The third kappa shape index (κ3) is 1.97. The molecule has 1 fully saturated rings. The summed E-state index contributed by atoms with van der Waals surface area (Å²) in [4.78, 5) is 7.07. The second-order valence-corrected chi connectivity index (χ2v) is 6.09. The number of fused-ring (bicyclic) bond motifs is 1. The van der Waals surface area contributed by atoms with Crippen LogP contribution < -0.4 is 5.73 Å². The van der Waals surface area contributed by atoms with Gasteiger partial charge in [-0.15, -0.1) is 0 Å². The Morgan fingerprint density at radius 3 is 3.17 bits per heavy atom. The van der Waals surface area contributed by atoms with Crippen molar-refractivity contribution in [3.63, 3.8) is 0 Å². The zero-order chi connectivity index (χ0) is 12.6. The second kappa shape index (κ2) is 4.67. The summed E-state index contributed by atoms with van der Waals surface area (Å²) in [5.74, 6) is 2.01. The molecule has 2 unspecified atom stereocenters. The number of hydrogen-bond donors (Lipinski definition) is 1. The molecule has 0 aromatic carbocycles. The van der Waals surface area contributed by atoms with E-state index in [2.05, 4.69) is 27.6 Å². The van der Waals surface area contributed by atoms with Crippen molar-refractivity contribution in [3.05, 3.63) is 18.2 Å². The summed E-state index contributed by atoms with van der Waals surface area (Å²) in [6, 6.07) is 0. The maximum absolute atomic E-state index is 6.16. The quantitative estimate of drug-likeness (QED) is 0.865. The fourth-order valence-electron chi connectivity index (χ4n) is 3.81. The Labute approximate surface area is 109 Å². The molecule has 1 saturated carbocycles. The van der Waals surface area contributed by atoms with Gasteiger partial charge in [0.05, 0.1) is 6.54 Å². The highest BCUT2D eigenvalue weighted by atomic mass is 15.3. The number of aromatic nitrogens is 2. The van der Waals surface area contributed by atoms with E-state index < -0.39 is 0 Å². The van der Waals surface area contributed by atoms with Crippen LogP contribution in [0.3, 0.4) is 0 Å². The van der Waals surface area contributed by atoms with Gasteiger partial charge in [0.2, 0.25) is 0 Å². The molecule has 18 heavy (non-hydrogen) atoms. The number of imidazole rings is 1. The smallest absolute Gasteiger partial charge is 0.122 e. The van der Waals surface area contributed by atoms with Gasteiger partial charge in [0.25, 0.3) is 0 Å². The molecule has 2 atom stereocenters. The highest BCUT2D eigenvalue weighted by molar-refractivity contribution is 5.02. The Balaban J connectivity index is 1.81. The van der Waals surface area contributed by atoms with Gasteiger partial charge in [-0.05, 0) is 18.8 Å². The van der Waals surface area contributed by atoms with Gasteiger partial charge in [-0.25, -0.2) is 4.98 Å². The molecule has 1 aliphatic heterocycles. The molecule has 1 aliphatic carbocycles. The number of nitrogens with two attached hydrogens (primary N) is 1. The zero-order valence-electron chi connectivity index (χ0n) is 11.3. The van der Waals surface area contributed by atoms with Crippen molar-refractivity contribution in [2.24, 2.45) is 11.7 Å². The van der Waals surface area contributed by atoms with E-state index in [-0.39, 0.29) is 5.54 Å². The molecule has 1 aromatic rings. The van der Waals surface area contributed by atoms with E-state index in [1.807, 2.05) is 6.20 Å². The van der Waals surface area contributed by atoms with E-state index in [9.17, 15) is 0 Å². The summed E-state index contributed by atoms with van der Waals surface area (Å²) in [6.07, 6.45) is 9.20. The molecule has 4 nitrogen and oxygen atoms in total. The lowest BCUT2D eigenvalue weighted by atomic mass is 9.75. The predicted molar refractivity (Wildman–Crippen MR) is 72.1 cm³/mol. The van der Waals surface area contributed by atoms with Gasteiger partial charge in [-0.3, -0.25) is 4.90 Å². The van der Waals surface area contributed by atoms with Crippen LogP contribution in [0.2, 0.25) is 0 Å². The molecule has 100 valence electrons. The minimum atomic E-state index is 0.231. The van der Waals surface area contributed by atoms with E-state index >= 15 is 0 Å². The Kier molecular flexibility index (Phi) is 3.16. The largest absolute Gasteiger partial charge is 0.333 e. The minimum Gasteiger partial charge on any atom is -0.333 e. The average Bonchev–Trinajstić information content (AvgIpc) is 2.85. The molecule has 1 aromatic heterocycles. The van der Waals surface area contributed by atoms with Crippen molar-refractivity contribution >= 4 is 0 Å². The highest BCUT2D eigenvalue weighted by Gasteiger charge is 2.40. The summed E-state index contributed by atoms with van der Waals surface area (Å²) in [7, 11) is 0. The first-order valence-electron chi connectivity index (χ1n) is 7.19. The Bertz CT molecular complexity index is 414. The molecule has 0 saturated heterocycles. The second-order valence-electron chi connectivity index (χ2n) is 6.09. The number of rotatable bonds is 2. The standard InChI is InChI=1S/C14H24N4/c1-12-3-2-4-14(9-12,11-15)18-8-7-17-6-5-16-13(17)10-18/h5-6,12H,2-4,7-11,15H2,1H3. The van der Waals surface area contributed by atoms with E-state index in [1.165, 1.54) is 31.5 Å². The first-order chi connectivity index (χ1) is 8.73. The zero-order valence-corrected chi connectivity index (χ0v) is 11.3. The SMILES string of the molecule is CC1CCCC(CN)(N2CCn3ccnc3C2)C1. The van der Waals surface area contributed by atoms with Crippen molar-refractivity contribution in [1.29, 1.82) is 0 Å². The van der Waals surface area contributed by atoms with Gasteiger partial charge in [0.1, 0.15) is 5.82 Å².